The van der Waals surface area contributed by atoms with E-state index in [1.165, 1.54) is 6.07 Å². The SMILES string of the molecule is COC(C)(C)CCOc1cc(=O)[nH]c(C2CC2)n1. The smallest absolute Gasteiger partial charge is 0.254 e. The van der Waals surface area contributed by atoms with Gasteiger partial charge in [-0.3, -0.25) is 4.79 Å². The van der Waals surface area contributed by atoms with Crippen LogP contribution in [0.3, 0.4) is 0 Å². The highest BCUT2D eigenvalue weighted by molar-refractivity contribution is 5.14. The molecule has 0 unspecified atom stereocenters. The summed E-state index contributed by atoms with van der Waals surface area (Å²) < 4.78 is 10.8. The highest BCUT2D eigenvalue weighted by Gasteiger charge is 2.26. The Morgan fingerprint density at radius 2 is 2.22 bits per heavy atom. The van der Waals surface area contributed by atoms with Gasteiger partial charge in [0.05, 0.1) is 18.3 Å². The summed E-state index contributed by atoms with van der Waals surface area (Å²) in [6.07, 6.45) is 2.95. The summed E-state index contributed by atoms with van der Waals surface area (Å²) in [5.74, 6) is 1.58. The van der Waals surface area contributed by atoms with Crippen LogP contribution in [0.2, 0.25) is 0 Å². The first kappa shape index (κ1) is 13.1. The summed E-state index contributed by atoms with van der Waals surface area (Å²) in [5.41, 5.74) is -0.367. The van der Waals surface area contributed by atoms with Crippen LogP contribution in [0, 0.1) is 0 Å². The molecule has 2 rings (SSSR count). The van der Waals surface area contributed by atoms with E-state index in [0.717, 1.165) is 25.1 Å². The lowest BCUT2D eigenvalue weighted by Gasteiger charge is -2.22. The molecular weight excluding hydrogens is 232 g/mol. The van der Waals surface area contributed by atoms with E-state index in [0.29, 0.717) is 18.4 Å². The Morgan fingerprint density at radius 3 is 2.83 bits per heavy atom. The van der Waals surface area contributed by atoms with Crippen LogP contribution in [0.4, 0.5) is 0 Å². The first-order valence-electron chi connectivity index (χ1n) is 6.29. The highest BCUT2D eigenvalue weighted by atomic mass is 16.5. The quantitative estimate of drug-likeness (QED) is 0.839. The molecule has 1 aromatic rings. The Bertz CT molecular complexity index is 464. The largest absolute Gasteiger partial charge is 0.477 e. The maximum absolute atomic E-state index is 11.5. The number of ether oxygens (including phenoxy) is 2. The van der Waals surface area contributed by atoms with Crippen molar-refractivity contribution in [3.63, 3.8) is 0 Å². The number of hydrogen-bond acceptors (Lipinski definition) is 4. The summed E-state index contributed by atoms with van der Waals surface area (Å²) >= 11 is 0. The number of H-pyrrole nitrogens is 1. The number of hydrogen-bond donors (Lipinski definition) is 1. The van der Waals surface area contributed by atoms with Gasteiger partial charge in [-0.1, -0.05) is 0 Å². The number of aromatic nitrogens is 2. The predicted molar refractivity (Wildman–Crippen MR) is 68.0 cm³/mol. The molecule has 18 heavy (non-hydrogen) atoms. The van der Waals surface area contributed by atoms with Crippen molar-refractivity contribution in [3.8, 4) is 5.88 Å². The molecule has 1 N–H and O–H groups in total. The molecular formula is C13H20N2O3. The minimum Gasteiger partial charge on any atom is -0.477 e. The lowest BCUT2D eigenvalue weighted by Crippen LogP contribution is -2.25. The fraction of sp³-hybridized carbons (Fsp3) is 0.692. The van der Waals surface area contributed by atoms with Gasteiger partial charge in [-0.05, 0) is 26.7 Å². The van der Waals surface area contributed by atoms with Gasteiger partial charge < -0.3 is 14.5 Å². The maximum atomic E-state index is 11.5. The van der Waals surface area contributed by atoms with Crippen LogP contribution in [0.5, 0.6) is 5.88 Å². The topological polar surface area (TPSA) is 64.2 Å². The molecule has 1 aromatic heterocycles. The van der Waals surface area contributed by atoms with Crippen LogP contribution >= 0.6 is 0 Å². The molecule has 1 aliphatic rings. The van der Waals surface area contributed by atoms with Gasteiger partial charge in [-0.25, -0.2) is 0 Å². The Hall–Kier alpha value is -1.36. The molecule has 0 amide bonds. The van der Waals surface area contributed by atoms with Crippen LogP contribution in [-0.4, -0.2) is 29.3 Å². The normalized spacial score (nSPS) is 15.7. The third-order valence-corrected chi connectivity index (χ3v) is 3.21. The third-order valence-electron chi connectivity index (χ3n) is 3.21. The van der Waals surface area contributed by atoms with Crippen molar-refractivity contribution in [2.75, 3.05) is 13.7 Å². The fourth-order valence-electron chi connectivity index (χ4n) is 1.58. The minimum absolute atomic E-state index is 0.145. The maximum Gasteiger partial charge on any atom is 0.254 e. The van der Waals surface area contributed by atoms with Gasteiger partial charge in [0, 0.05) is 19.4 Å². The zero-order valence-corrected chi connectivity index (χ0v) is 11.2. The monoisotopic (exact) mass is 252 g/mol. The molecule has 0 radical (unpaired) electrons. The van der Waals surface area contributed by atoms with Crippen molar-refractivity contribution in [1.82, 2.24) is 9.97 Å². The minimum atomic E-state index is -0.222. The highest BCUT2D eigenvalue weighted by Crippen LogP contribution is 2.37. The molecule has 5 heteroatoms. The third kappa shape index (κ3) is 3.57. The standard InChI is InChI=1S/C13H20N2O3/c1-13(2,17-3)6-7-18-11-8-10(16)14-12(15-11)9-4-5-9/h8-9H,4-7H2,1-3H3,(H,14,15,16). The van der Waals surface area contributed by atoms with E-state index in [9.17, 15) is 4.79 Å². The van der Waals surface area contributed by atoms with Crippen molar-refractivity contribution < 1.29 is 9.47 Å². The van der Waals surface area contributed by atoms with Gasteiger partial charge in [0.15, 0.2) is 0 Å². The Kier molecular flexibility index (Phi) is 3.71. The molecule has 5 nitrogen and oxygen atoms in total. The summed E-state index contributed by atoms with van der Waals surface area (Å²) in [6.45, 7) is 4.48. The van der Waals surface area contributed by atoms with E-state index in [2.05, 4.69) is 9.97 Å². The summed E-state index contributed by atoms with van der Waals surface area (Å²) in [6, 6.07) is 1.39. The summed E-state index contributed by atoms with van der Waals surface area (Å²) in [4.78, 5) is 18.5. The molecule has 100 valence electrons. The van der Waals surface area contributed by atoms with Gasteiger partial charge in [0.2, 0.25) is 5.88 Å². The molecule has 0 aliphatic heterocycles. The van der Waals surface area contributed by atoms with Crippen molar-refractivity contribution >= 4 is 0 Å². The van der Waals surface area contributed by atoms with Crippen molar-refractivity contribution in [3.05, 3.63) is 22.2 Å². The van der Waals surface area contributed by atoms with Crippen LogP contribution in [-0.2, 0) is 4.74 Å². The van der Waals surface area contributed by atoms with Crippen molar-refractivity contribution in [2.24, 2.45) is 0 Å². The van der Waals surface area contributed by atoms with E-state index in [1.54, 1.807) is 7.11 Å². The average molecular weight is 252 g/mol. The van der Waals surface area contributed by atoms with Gasteiger partial charge in [0.1, 0.15) is 5.82 Å². The van der Waals surface area contributed by atoms with Crippen molar-refractivity contribution in [2.45, 2.75) is 44.6 Å². The predicted octanol–water partition coefficient (Wildman–Crippen LogP) is 1.84. The number of aromatic amines is 1. The van der Waals surface area contributed by atoms with Crippen LogP contribution in [0.15, 0.2) is 10.9 Å². The molecule has 0 saturated heterocycles. The summed E-state index contributed by atoms with van der Waals surface area (Å²) in [7, 11) is 1.68. The molecule has 0 atom stereocenters. The molecule has 0 bridgehead atoms. The molecule has 1 aliphatic carbocycles. The second-order valence-corrected chi connectivity index (χ2v) is 5.31. The second kappa shape index (κ2) is 5.10. The van der Waals surface area contributed by atoms with E-state index in [-0.39, 0.29) is 11.2 Å². The van der Waals surface area contributed by atoms with Gasteiger partial charge in [-0.2, -0.15) is 4.98 Å². The fourth-order valence-corrected chi connectivity index (χ4v) is 1.58. The zero-order valence-electron chi connectivity index (χ0n) is 11.2. The number of nitrogens with one attached hydrogen (secondary N) is 1. The summed E-state index contributed by atoms with van der Waals surface area (Å²) in [5, 5.41) is 0. The van der Waals surface area contributed by atoms with E-state index in [1.807, 2.05) is 13.8 Å². The van der Waals surface area contributed by atoms with Gasteiger partial charge >= 0.3 is 0 Å². The first-order valence-corrected chi connectivity index (χ1v) is 6.29. The zero-order chi connectivity index (χ0) is 13.2. The Morgan fingerprint density at radius 1 is 1.50 bits per heavy atom. The van der Waals surface area contributed by atoms with E-state index >= 15 is 0 Å². The Balaban J connectivity index is 1.95. The first-order chi connectivity index (χ1) is 8.50. The van der Waals surface area contributed by atoms with E-state index in [4.69, 9.17) is 9.47 Å². The average Bonchev–Trinajstić information content (AvgIpc) is 3.12. The number of nitrogens with zero attached hydrogens (tertiary/aromatic N) is 1. The number of methoxy groups -OCH3 is 1. The lowest BCUT2D eigenvalue weighted by atomic mass is 10.1. The second-order valence-electron chi connectivity index (χ2n) is 5.31. The Labute approximate surface area is 107 Å². The van der Waals surface area contributed by atoms with Crippen LogP contribution in [0.1, 0.15) is 44.9 Å². The molecule has 0 aromatic carbocycles. The van der Waals surface area contributed by atoms with Gasteiger partial charge in [-0.15, -0.1) is 0 Å². The van der Waals surface area contributed by atoms with Gasteiger partial charge in [0.25, 0.3) is 5.56 Å². The molecule has 1 fully saturated rings. The van der Waals surface area contributed by atoms with Crippen molar-refractivity contribution in [1.29, 1.82) is 0 Å². The van der Waals surface area contributed by atoms with E-state index < -0.39 is 0 Å². The van der Waals surface area contributed by atoms with Crippen LogP contribution in [0.25, 0.3) is 0 Å². The molecule has 0 spiro atoms. The van der Waals surface area contributed by atoms with Crippen LogP contribution < -0.4 is 10.3 Å². The molecule has 1 heterocycles. The lowest BCUT2D eigenvalue weighted by molar-refractivity contribution is 0.00505. The molecule has 1 saturated carbocycles. The number of rotatable bonds is 6.